The van der Waals surface area contributed by atoms with E-state index in [1.54, 1.807) is 0 Å². The summed E-state index contributed by atoms with van der Waals surface area (Å²) < 4.78 is 5.74. The highest BCUT2D eigenvalue weighted by molar-refractivity contribution is 5.35. The molecule has 0 atom stereocenters. The fraction of sp³-hybridized carbons (Fsp3) is 0.538. The number of rotatable bonds is 6. The standard InChI is InChI=1S/C13H21NO/c1-11-6-7-12(2)13(10-11)15-9-5-4-8-14-3/h6-7,10,14H,4-5,8-9H2,1-3H3. The van der Waals surface area contributed by atoms with E-state index in [1.807, 2.05) is 7.05 Å². The Bertz CT molecular complexity index is 297. The molecule has 2 nitrogen and oxygen atoms in total. The molecule has 2 heteroatoms. The molecule has 0 unspecified atom stereocenters. The number of benzene rings is 1. The molecule has 0 saturated heterocycles. The molecule has 0 amide bonds. The Hall–Kier alpha value is -1.02. The summed E-state index contributed by atoms with van der Waals surface area (Å²) in [5, 5.41) is 3.13. The third kappa shape index (κ3) is 4.34. The minimum Gasteiger partial charge on any atom is -0.493 e. The summed E-state index contributed by atoms with van der Waals surface area (Å²) in [7, 11) is 1.98. The normalized spacial score (nSPS) is 10.3. The van der Waals surface area contributed by atoms with E-state index in [4.69, 9.17) is 4.74 Å². The number of aryl methyl sites for hydroxylation is 2. The van der Waals surface area contributed by atoms with E-state index < -0.39 is 0 Å². The summed E-state index contributed by atoms with van der Waals surface area (Å²) in [6.45, 7) is 6.05. The molecule has 0 heterocycles. The molecule has 0 aliphatic carbocycles. The first-order chi connectivity index (χ1) is 7.24. The first-order valence-electron chi connectivity index (χ1n) is 5.58. The van der Waals surface area contributed by atoms with Crippen LogP contribution in [0.3, 0.4) is 0 Å². The van der Waals surface area contributed by atoms with Gasteiger partial charge in [-0.25, -0.2) is 0 Å². The van der Waals surface area contributed by atoms with Gasteiger partial charge >= 0.3 is 0 Å². The molecule has 84 valence electrons. The SMILES string of the molecule is CNCCCCOc1cc(C)ccc1C. The molecule has 0 fully saturated rings. The van der Waals surface area contributed by atoms with Crippen LogP contribution in [-0.4, -0.2) is 20.2 Å². The molecule has 1 rings (SSSR count). The summed E-state index contributed by atoms with van der Waals surface area (Å²) >= 11 is 0. The zero-order valence-electron chi connectivity index (χ0n) is 9.97. The molecule has 0 aromatic heterocycles. The van der Waals surface area contributed by atoms with Crippen molar-refractivity contribution in [2.45, 2.75) is 26.7 Å². The molecule has 1 aromatic rings. The number of unbranched alkanes of at least 4 members (excludes halogenated alkanes) is 1. The Morgan fingerprint density at radius 2 is 2.00 bits per heavy atom. The number of hydrogen-bond donors (Lipinski definition) is 1. The molecule has 1 N–H and O–H groups in total. The van der Waals surface area contributed by atoms with Crippen LogP contribution in [-0.2, 0) is 0 Å². The van der Waals surface area contributed by atoms with Gasteiger partial charge < -0.3 is 10.1 Å². The van der Waals surface area contributed by atoms with Crippen LogP contribution >= 0.6 is 0 Å². The summed E-state index contributed by atoms with van der Waals surface area (Å²) in [6.07, 6.45) is 2.27. The zero-order valence-corrected chi connectivity index (χ0v) is 9.97. The molecule has 15 heavy (non-hydrogen) atoms. The van der Waals surface area contributed by atoms with Crippen molar-refractivity contribution in [3.05, 3.63) is 29.3 Å². The van der Waals surface area contributed by atoms with Crippen molar-refractivity contribution >= 4 is 0 Å². The van der Waals surface area contributed by atoms with E-state index in [2.05, 4.69) is 37.4 Å². The van der Waals surface area contributed by atoms with Gasteiger partial charge in [0.15, 0.2) is 0 Å². The van der Waals surface area contributed by atoms with Gasteiger partial charge in [0.05, 0.1) is 6.61 Å². The molecular formula is C13H21NO. The average Bonchev–Trinajstić information content (AvgIpc) is 2.23. The molecule has 0 aliphatic heterocycles. The predicted octanol–water partition coefficient (Wildman–Crippen LogP) is 2.68. The van der Waals surface area contributed by atoms with Crippen molar-refractivity contribution in [3.63, 3.8) is 0 Å². The Labute approximate surface area is 92.6 Å². The third-order valence-electron chi connectivity index (χ3n) is 2.42. The van der Waals surface area contributed by atoms with Crippen LogP contribution in [0.2, 0.25) is 0 Å². The van der Waals surface area contributed by atoms with Gasteiger partial charge in [-0.3, -0.25) is 0 Å². The van der Waals surface area contributed by atoms with Crippen LogP contribution < -0.4 is 10.1 Å². The minimum absolute atomic E-state index is 0.811. The van der Waals surface area contributed by atoms with E-state index in [0.717, 1.165) is 25.3 Å². The average molecular weight is 207 g/mol. The highest BCUT2D eigenvalue weighted by atomic mass is 16.5. The largest absolute Gasteiger partial charge is 0.493 e. The first kappa shape index (κ1) is 12.1. The van der Waals surface area contributed by atoms with Crippen LogP contribution in [0.1, 0.15) is 24.0 Å². The van der Waals surface area contributed by atoms with Crippen molar-refractivity contribution in [3.8, 4) is 5.75 Å². The predicted molar refractivity (Wildman–Crippen MR) is 64.6 cm³/mol. The van der Waals surface area contributed by atoms with Crippen LogP contribution in [0.5, 0.6) is 5.75 Å². The Kier molecular flexibility index (Phi) is 5.19. The summed E-state index contributed by atoms with van der Waals surface area (Å²) in [5.41, 5.74) is 2.47. The first-order valence-corrected chi connectivity index (χ1v) is 5.58. The van der Waals surface area contributed by atoms with Crippen LogP contribution in [0.4, 0.5) is 0 Å². The van der Waals surface area contributed by atoms with E-state index in [0.29, 0.717) is 0 Å². The maximum Gasteiger partial charge on any atom is 0.122 e. The summed E-state index contributed by atoms with van der Waals surface area (Å²) in [4.78, 5) is 0. The maximum atomic E-state index is 5.74. The Balaban J connectivity index is 2.33. The lowest BCUT2D eigenvalue weighted by Gasteiger charge is -2.09. The summed E-state index contributed by atoms with van der Waals surface area (Å²) in [6, 6.07) is 6.33. The monoisotopic (exact) mass is 207 g/mol. The van der Waals surface area contributed by atoms with Gasteiger partial charge in [-0.15, -0.1) is 0 Å². The lowest BCUT2D eigenvalue weighted by atomic mass is 10.1. The molecule has 0 bridgehead atoms. The molecule has 1 aromatic carbocycles. The van der Waals surface area contributed by atoms with Gasteiger partial charge in [0, 0.05) is 0 Å². The smallest absolute Gasteiger partial charge is 0.122 e. The quantitative estimate of drug-likeness (QED) is 0.724. The van der Waals surface area contributed by atoms with Gasteiger partial charge in [-0.1, -0.05) is 12.1 Å². The summed E-state index contributed by atoms with van der Waals surface area (Å²) in [5.74, 6) is 1.03. The maximum absolute atomic E-state index is 5.74. The van der Waals surface area contributed by atoms with Gasteiger partial charge in [-0.05, 0) is 57.5 Å². The molecule has 0 aliphatic rings. The van der Waals surface area contributed by atoms with Gasteiger partial charge in [0.1, 0.15) is 5.75 Å². The number of nitrogens with one attached hydrogen (secondary N) is 1. The second-order valence-electron chi connectivity index (χ2n) is 3.93. The second kappa shape index (κ2) is 6.46. The fourth-order valence-electron chi connectivity index (χ4n) is 1.45. The molecular weight excluding hydrogens is 186 g/mol. The lowest BCUT2D eigenvalue weighted by Crippen LogP contribution is -2.09. The van der Waals surface area contributed by atoms with Crippen molar-refractivity contribution in [1.82, 2.24) is 5.32 Å². The van der Waals surface area contributed by atoms with Crippen molar-refractivity contribution in [2.24, 2.45) is 0 Å². The van der Waals surface area contributed by atoms with Crippen LogP contribution in [0, 0.1) is 13.8 Å². The van der Waals surface area contributed by atoms with Crippen LogP contribution in [0.15, 0.2) is 18.2 Å². The van der Waals surface area contributed by atoms with Gasteiger partial charge in [-0.2, -0.15) is 0 Å². The van der Waals surface area contributed by atoms with Gasteiger partial charge in [0.25, 0.3) is 0 Å². The van der Waals surface area contributed by atoms with Crippen LogP contribution in [0.25, 0.3) is 0 Å². The zero-order chi connectivity index (χ0) is 11.1. The van der Waals surface area contributed by atoms with E-state index in [1.165, 1.54) is 17.5 Å². The van der Waals surface area contributed by atoms with Crippen molar-refractivity contribution in [2.75, 3.05) is 20.2 Å². The van der Waals surface area contributed by atoms with E-state index >= 15 is 0 Å². The highest BCUT2D eigenvalue weighted by Gasteiger charge is 1.98. The third-order valence-corrected chi connectivity index (χ3v) is 2.42. The van der Waals surface area contributed by atoms with Crippen molar-refractivity contribution in [1.29, 1.82) is 0 Å². The Morgan fingerprint density at radius 1 is 1.20 bits per heavy atom. The fourth-order valence-corrected chi connectivity index (χ4v) is 1.45. The number of hydrogen-bond acceptors (Lipinski definition) is 2. The topological polar surface area (TPSA) is 21.3 Å². The minimum atomic E-state index is 0.811. The Morgan fingerprint density at radius 3 is 2.73 bits per heavy atom. The van der Waals surface area contributed by atoms with E-state index in [9.17, 15) is 0 Å². The molecule has 0 radical (unpaired) electrons. The molecule has 0 saturated carbocycles. The lowest BCUT2D eigenvalue weighted by molar-refractivity contribution is 0.304. The molecule has 0 spiro atoms. The number of ether oxygens (including phenoxy) is 1. The highest BCUT2D eigenvalue weighted by Crippen LogP contribution is 2.19. The second-order valence-corrected chi connectivity index (χ2v) is 3.93. The van der Waals surface area contributed by atoms with Gasteiger partial charge in [0.2, 0.25) is 0 Å². The van der Waals surface area contributed by atoms with Crippen molar-refractivity contribution < 1.29 is 4.74 Å². The van der Waals surface area contributed by atoms with E-state index in [-0.39, 0.29) is 0 Å².